The minimum Gasteiger partial charge on any atom is -0.492 e. The standard InChI is InChI=1S/C17H21NO2/c19-13-14-8-9-18(12-14)10-11-20-17-7-3-5-15-4-1-2-6-16(15)17/h1-7,14,19H,8-13H2. The van der Waals surface area contributed by atoms with E-state index in [2.05, 4.69) is 23.1 Å². The third-order valence-corrected chi connectivity index (χ3v) is 4.04. The van der Waals surface area contributed by atoms with Crippen LogP contribution in [0.1, 0.15) is 6.42 Å². The Balaban J connectivity index is 1.58. The lowest BCUT2D eigenvalue weighted by molar-refractivity contribution is 0.205. The first-order valence-electron chi connectivity index (χ1n) is 7.30. The quantitative estimate of drug-likeness (QED) is 0.907. The summed E-state index contributed by atoms with van der Waals surface area (Å²) in [6.45, 7) is 4.01. The van der Waals surface area contributed by atoms with Crippen LogP contribution in [-0.4, -0.2) is 42.9 Å². The second kappa shape index (κ2) is 6.25. The van der Waals surface area contributed by atoms with E-state index in [4.69, 9.17) is 9.84 Å². The first-order chi connectivity index (χ1) is 9.86. The Labute approximate surface area is 119 Å². The van der Waals surface area contributed by atoms with E-state index < -0.39 is 0 Å². The summed E-state index contributed by atoms with van der Waals surface area (Å²) in [5.41, 5.74) is 0. The van der Waals surface area contributed by atoms with E-state index in [0.29, 0.717) is 19.1 Å². The van der Waals surface area contributed by atoms with E-state index >= 15 is 0 Å². The Bertz CT molecular complexity index is 564. The van der Waals surface area contributed by atoms with E-state index in [0.717, 1.165) is 31.8 Å². The molecule has 1 unspecified atom stereocenters. The van der Waals surface area contributed by atoms with Crippen molar-refractivity contribution < 1.29 is 9.84 Å². The lowest BCUT2D eigenvalue weighted by atomic mass is 10.1. The smallest absolute Gasteiger partial charge is 0.127 e. The first-order valence-corrected chi connectivity index (χ1v) is 7.30. The summed E-state index contributed by atoms with van der Waals surface area (Å²) >= 11 is 0. The highest BCUT2D eigenvalue weighted by Gasteiger charge is 2.21. The molecule has 0 bridgehead atoms. The van der Waals surface area contributed by atoms with Crippen molar-refractivity contribution in [3.05, 3.63) is 42.5 Å². The van der Waals surface area contributed by atoms with Crippen LogP contribution in [0.4, 0.5) is 0 Å². The maximum Gasteiger partial charge on any atom is 0.127 e. The van der Waals surface area contributed by atoms with E-state index in [1.807, 2.05) is 24.3 Å². The molecule has 3 heteroatoms. The van der Waals surface area contributed by atoms with Crippen molar-refractivity contribution >= 4 is 10.8 Å². The lowest BCUT2D eigenvalue weighted by Crippen LogP contribution is -2.26. The van der Waals surface area contributed by atoms with Gasteiger partial charge in [-0.25, -0.2) is 0 Å². The minimum absolute atomic E-state index is 0.306. The molecule has 1 atom stereocenters. The van der Waals surface area contributed by atoms with Gasteiger partial charge in [-0.2, -0.15) is 0 Å². The average Bonchev–Trinajstić information content (AvgIpc) is 2.95. The molecule has 2 aromatic carbocycles. The minimum atomic E-state index is 0.306. The Morgan fingerprint density at radius 1 is 1.15 bits per heavy atom. The van der Waals surface area contributed by atoms with Gasteiger partial charge >= 0.3 is 0 Å². The van der Waals surface area contributed by atoms with Gasteiger partial charge in [0.05, 0.1) is 0 Å². The SMILES string of the molecule is OCC1CCN(CCOc2cccc3ccccc23)C1. The predicted octanol–water partition coefficient (Wildman–Crippen LogP) is 2.53. The van der Waals surface area contributed by atoms with E-state index in [1.54, 1.807) is 0 Å². The van der Waals surface area contributed by atoms with Crippen LogP contribution in [0.3, 0.4) is 0 Å². The monoisotopic (exact) mass is 271 g/mol. The second-order valence-electron chi connectivity index (χ2n) is 5.46. The number of benzene rings is 2. The van der Waals surface area contributed by atoms with Crippen LogP contribution in [0.5, 0.6) is 5.75 Å². The van der Waals surface area contributed by atoms with Crippen LogP contribution < -0.4 is 4.74 Å². The first kappa shape index (κ1) is 13.4. The van der Waals surface area contributed by atoms with Crippen molar-refractivity contribution in [3.63, 3.8) is 0 Å². The number of aliphatic hydroxyl groups is 1. The van der Waals surface area contributed by atoms with E-state index in [-0.39, 0.29) is 0 Å². The molecular formula is C17H21NO2. The highest BCUT2D eigenvalue weighted by Crippen LogP contribution is 2.25. The molecule has 106 valence electrons. The molecule has 0 radical (unpaired) electrons. The maximum absolute atomic E-state index is 9.15. The number of ether oxygens (including phenoxy) is 1. The highest BCUT2D eigenvalue weighted by molar-refractivity contribution is 5.88. The van der Waals surface area contributed by atoms with Crippen molar-refractivity contribution in [1.29, 1.82) is 0 Å². The maximum atomic E-state index is 9.15. The summed E-state index contributed by atoms with van der Waals surface area (Å²) in [5, 5.41) is 11.5. The van der Waals surface area contributed by atoms with Gasteiger partial charge in [0.25, 0.3) is 0 Å². The lowest BCUT2D eigenvalue weighted by Gasteiger charge is -2.16. The third-order valence-electron chi connectivity index (χ3n) is 4.04. The number of hydrogen-bond acceptors (Lipinski definition) is 3. The molecule has 3 nitrogen and oxygen atoms in total. The van der Waals surface area contributed by atoms with Gasteiger partial charge in [0.2, 0.25) is 0 Å². The van der Waals surface area contributed by atoms with Crippen molar-refractivity contribution in [2.45, 2.75) is 6.42 Å². The molecule has 0 amide bonds. The van der Waals surface area contributed by atoms with Gasteiger partial charge in [0.1, 0.15) is 12.4 Å². The summed E-state index contributed by atoms with van der Waals surface area (Å²) in [6.07, 6.45) is 1.10. The fraction of sp³-hybridized carbons (Fsp3) is 0.412. The van der Waals surface area contributed by atoms with Crippen LogP contribution >= 0.6 is 0 Å². The molecule has 0 saturated carbocycles. The fourth-order valence-corrected chi connectivity index (χ4v) is 2.87. The van der Waals surface area contributed by atoms with Gasteiger partial charge in [-0.1, -0.05) is 36.4 Å². The van der Waals surface area contributed by atoms with Crippen LogP contribution in [-0.2, 0) is 0 Å². The van der Waals surface area contributed by atoms with E-state index in [9.17, 15) is 0 Å². The third kappa shape index (κ3) is 2.94. The largest absolute Gasteiger partial charge is 0.492 e. The molecule has 1 aliphatic heterocycles. The topological polar surface area (TPSA) is 32.7 Å². The molecular weight excluding hydrogens is 250 g/mol. The number of hydrogen-bond donors (Lipinski definition) is 1. The van der Waals surface area contributed by atoms with Gasteiger partial charge in [0, 0.05) is 25.1 Å². The van der Waals surface area contributed by atoms with Crippen LogP contribution in [0.25, 0.3) is 10.8 Å². The molecule has 1 fully saturated rings. The molecule has 1 saturated heterocycles. The van der Waals surface area contributed by atoms with Crippen LogP contribution in [0.15, 0.2) is 42.5 Å². The summed E-state index contributed by atoms with van der Waals surface area (Å²) in [4.78, 5) is 2.37. The molecule has 20 heavy (non-hydrogen) atoms. The zero-order valence-electron chi connectivity index (χ0n) is 11.7. The molecule has 0 aromatic heterocycles. The molecule has 0 spiro atoms. The molecule has 1 aliphatic rings. The zero-order valence-corrected chi connectivity index (χ0v) is 11.7. The second-order valence-corrected chi connectivity index (χ2v) is 5.46. The molecule has 1 heterocycles. The Kier molecular flexibility index (Phi) is 4.19. The summed E-state index contributed by atoms with van der Waals surface area (Å²) in [5.74, 6) is 1.41. The fourth-order valence-electron chi connectivity index (χ4n) is 2.87. The molecule has 3 rings (SSSR count). The van der Waals surface area contributed by atoms with Crippen LogP contribution in [0, 0.1) is 5.92 Å². The Morgan fingerprint density at radius 2 is 2.00 bits per heavy atom. The molecule has 1 N–H and O–H groups in total. The normalized spacial score (nSPS) is 19.6. The van der Waals surface area contributed by atoms with Gasteiger partial charge in [0.15, 0.2) is 0 Å². The van der Waals surface area contributed by atoms with Gasteiger partial charge in [-0.05, 0) is 30.3 Å². The average molecular weight is 271 g/mol. The Morgan fingerprint density at radius 3 is 2.85 bits per heavy atom. The Hall–Kier alpha value is -1.58. The highest BCUT2D eigenvalue weighted by atomic mass is 16.5. The van der Waals surface area contributed by atoms with E-state index in [1.165, 1.54) is 10.8 Å². The van der Waals surface area contributed by atoms with Gasteiger partial charge in [-0.3, -0.25) is 4.90 Å². The van der Waals surface area contributed by atoms with Crippen LogP contribution in [0.2, 0.25) is 0 Å². The number of rotatable bonds is 5. The van der Waals surface area contributed by atoms with Gasteiger partial charge < -0.3 is 9.84 Å². The van der Waals surface area contributed by atoms with Crippen molar-refractivity contribution in [2.24, 2.45) is 5.92 Å². The van der Waals surface area contributed by atoms with Crippen molar-refractivity contribution in [3.8, 4) is 5.75 Å². The molecule has 0 aliphatic carbocycles. The molecule has 2 aromatic rings. The van der Waals surface area contributed by atoms with Gasteiger partial charge in [-0.15, -0.1) is 0 Å². The number of nitrogens with zero attached hydrogens (tertiary/aromatic N) is 1. The zero-order chi connectivity index (χ0) is 13.8. The number of likely N-dealkylation sites (tertiary alicyclic amines) is 1. The summed E-state index contributed by atoms with van der Waals surface area (Å²) < 4.78 is 5.95. The predicted molar refractivity (Wildman–Crippen MR) is 81.1 cm³/mol. The summed E-state index contributed by atoms with van der Waals surface area (Å²) in [6, 6.07) is 14.5. The van der Waals surface area contributed by atoms with Crippen molar-refractivity contribution in [1.82, 2.24) is 4.90 Å². The van der Waals surface area contributed by atoms with Crippen molar-refractivity contribution in [2.75, 3.05) is 32.8 Å². The summed E-state index contributed by atoms with van der Waals surface area (Å²) in [7, 11) is 0. The number of aliphatic hydroxyl groups excluding tert-OH is 1. The number of fused-ring (bicyclic) bond motifs is 1.